The number of hydrogen-bond donors (Lipinski definition) is 3. The second-order valence-corrected chi connectivity index (χ2v) is 5.07. The number of pyridine rings is 1. The lowest BCUT2D eigenvalue weighted by molar-refractivity contribution is 0.821. The summed E-state index contributed by atoms with van der Waals surface area (Å²) in [4.78, 5) is 4.54. The molecule has 0 unspecified atom stereocenters. The molecule has 1 aliphatic rings. The Kier molecular flexibility index (Phi) is 3.47. The van der Waals surface area contributed by atoms with Crippen LogP contribution in [0.4, 0.5) is 0 Å². The molecule has 104 valence electrons. The van der Waals surface area contributed by atoms with Crippen LogP contribution in [-0.4, -0.2) is 15.9 Å². The predicted molar refractivity (Wildman–Crippen MR) is 76.3 cm³/mol. The fourth-order valence-corrected chi connectivity index (χ4v) is 2.22. The van der Waals surface area contributed by atoms with Gasteiger partial charge in [0.15, 0.2) is 0 Å². The summed E-state index contributed by atoms with van der Waals surface area (Å²) in [5.41, 5.74) is 16.2. The molecular weight excluding hydrogens is 252 g/mol. The molecule has 0 amide bonds. The van der Waals surface area contributed by atoms with Crippen LogP contribution in [0.5, 0.6) is 0 Å². The maximum Gasteiger partial charge on any atom is 0.137 e. The molecule has 0 aliphatic heterocycles. The summed E-state index contributed by atoms with van der Waals surface area (Å²) in [5.74, 6) is 0.747. The molecule has 1 aliphatic carbocycles. The molecule has 20 heavy (non-hydrogen) atoms. The molecule has 0 aromatic carbocycles. The van der Waals surface area contributed by atoms with Crippen molar-refractivity contribution in [2.24, 2.45) is 10.8 Å². The largest absolute Gasteiger partial charge is 0.384 e. The molecule has 2 heterocycles. The Bertz CT molecular complexity index is 653. The number of imidazole rings is 1. The third kappa shape index (κ3) is 2.70. The Morgan fingerprint density at radius 1 is 1.50 bits per heavy atom. The Balaban J connectivity index is 1.72. The number of hydrogen-bond acceptors (Lipinski definition) is 5. The molecule has 2 aromatic rings. The summed E-state index contributed by atoms with van der Waals surface area (Å²) in [6.07, 6.45) is 8.47. The third-order valence-corrected chi connectivity index (χ3v) is 3.48. The Morgan fingerprint density at radius 2 is 2.35 bits per heavy atom. The van der Waals surface area contributed by atoms with E-state index in [-0.39, 0.29) is 6.54 Å². The van der Waals surface area contributed by atoms with Crippen molar-refractivity contribution < 1.29 is 0 Å². The second-order valence-electron chi connectivity index (χ2n) is 5.07. The summed E-state index contributed by atoms with van der Waals surface area (Å²) in [6.45, 7) is 0.853. The molecule has 0 atom stereocenters. The topological polar surface area (TPSA) is 91.6 Å². The van der Waals surface area contributed by atoms with Crippen LogP contribution in [0.2, 0.25) is 0 Å². The zero-order valence-electron chi connectivity index (χ0n) is 11.2. The van der Waals surface area contributed by atoms with E-state index in [0.717, 1.165) is 17.3 Å². The van der Waals surface area contributed by atoms with E-state index < -0.39 is 0 Å². The van der Waals surface area contributed by atoms with Crippen LogP contribution in [0.15, 0.2) is 41.5 Å². The maximum atomic E-state index is 6.92. The van der Waals surface area contributed by atoms with Crippen molar-refractivity contribution >= 4 is 5.65 Å². The summed E-state index contributed by atoms with van der Waals surface area (Å²) in [6, 6.07) is 4.24. The van der Waals surface area contributed by atoms with Gasteiger partial charge in [-0.3, -0.25) is 0 Å². The Labute approximate surface area is 117 Å². The summed E-state index contributed by atoms with van der Waals surface area (Å²) in [7, 11) is 0. The average molecular weight is 270 g/mol. The number of nitrogens with two attached hydrogens (primary N) is 1. The van der Waals surface area contributed by atoms with Gasteiger partial charge in [-0.05, 0) is 30.4 Å². The van der Waals surface area contributed by atoms with Gasteiger partial charge in [0.05, 0.1) is 17.9 Å². The number of rotatable bonds is 6. The fourth-order valence-electron chi connectivity index (χ4n) is 2.22. The summed E-state index contributed by atoms with van der Waals surface area (Å²) < 4.78 is 2.08. The normalized spacial score (nSPS) is 15.6. The average Bonchev–Trinajstić information content (AvgIpc) is 3.23. The van der Waals surface area contributed by atoms with E-state index in [0.29, 0.717) is 12.2 Å². The van der Waals surface area contributed by atoms with Gasteiger partial charge >= 0.3 is 0 Å². The van der Waals surface area contributed by atoms with Crippen molar-refractivity contribution in [1.82, 2.24) is 14.7 Å². The molecule has 1 fully saturated rings. The van der Waals surface area contributed by atoms with Crippen LogP contribution in [0.1, 0.15) is 30.0 Å². The molecule has 4 N–H and O–H groups in total. The highest BCUT2D eigenvalue weighted by atomic mass is 15.0. The third-order valence-electron chi connectivity index (χ3n) is 3.48. The minimum Gasteiger partial charge on any atom is -0.384 e. The van der Waals surface area contributed by atoms with E-state index in [2.05, 4.69) is 38.1 Å². The minimum atomic E-state index is 0.256. The van der Waals surface area contributed by atoms with E-state index >= 15 is 0 Å². The van der Waals surface area contributed by atoms with Crippen LogP contribution in [0, 0.1) is 5.53 Å². The second kappa shape index (κ2) is 5.42. The summed E-state index contributed by atoms with van der Waals surface area (Å²) in [5, 5.41) is 6.40. The molecular formula is C14H18N6. The zero-order chi connectivity index (χ0) is 13.9. The molecule has 2 aromatic heterocycles. The molecule has 0 saturated heterocycles. The molecule has 6 heteroatoms. The van der Waals surface area contributed by atoms with Gasteiger partial charge in [0.2, 0.25) is 0 Å². The maximum absolute atomic E-state index is 6.92. The van der Waals surface area contributed by atoms with Crippen LogP contribution in [-0.2, 0) is 6.54 Å². The van der Waals surface area contributed by atoms with Crippen LogP contribution in [0.25, 0.3) is 5.65 Å². The standard InChI is InChI=1S/C14H18N6/c15-5-12(19-16)6-17-7-13-9-20-8-11(10-1-2-10)3-4-14(20)18-13/h3-4,6,8-10,16-17H,1-2,5,7,15H2/b12-6-,19-16?. The molecule has 0 spiro atoms. The van der Waals surface area contributed by atoms with Crippen LogP contribution < -0.4 is 11.1 Å². The van der Waals surface area contributed by atoms with Gasteiger partial charge in [-0.2, -0.15) is 5.11 Å². The molecule has 0 radical (unpaired) electrons. The smallest absolute Gasteiger partial charge is 0.137 e. The number of nitrogens with zero attached hydrogens (tertiary/aromatic N) is 3. The van der Waals surface area contributed by atoms with Gasteiger partial charge in [0.1, 0.15) is 5.65 Å². The van der Waals surface area contributed by atoms with Gasteiger partial charge < -0.3 is 15.5 Å². The first-order valence-corrected chi connectivity index (χ1v) is 6.77. The highest BCUT2D eigenvalue weighted by Gasteiger charge is 2.23. The quantitative estimate of drug-likeness (QED) is 0.702. The minimum absolute atomic E-state index is 0.256. The number of aromatic nitrogens is 2. The molecule has 3 rings (SSSR count). The van der Waals surface area contributed by atoms with Gasteiger partial charge in [-0.25, -0.2) is 10.5 Å². The predicted octanol–water partition coefficient (Wildman–Crippen LogP) is 2.13. The first-order chi connectivity index (χ1) is 9.80. The van der Waals surface area contributed by atoms with Crippen molar-refractivity contribution in [3.05, 3.63) is 47.7 Å². The first kappa shape index (κ1) is 12.8. The van der Waals surface area contributed by atoms with Gasteiger partial charge in [-0.1, -0.05) is 6.07 Å². The summed E-state index contributed by atoms with van der Waals surface area (Å²) >= 11 is 0. The zero-order valence-corrected chi connectivity index (χ0v) is 11.2. The monoisotopic (exact) mass is 270 g/mol. The number of fused-ring (bicyclic) bond motifs is 1. The lowest BCUT2D eigenvalue weighted by Crippen LogP contribution is -2.09. The van der Waals surface area contributed by atoms with Crippen molar-refractivity contribution in [2.45, 2.75) is 25.3 Å². The SMILES string of the molecule is N=N/C(=C\NCc1cn2cc(C3CC3)ccc2n1)CN. The van der Waals surface area contributed by atoms with Crippen molar-refractivity contribution in [2.75, 3.05) is 6.54 Å². The lowest BCUT2D eigenvalue weighted by atomic mass is 10.2. The van der Waals surface area contributed by atoms with Crippen LogP contribution >= 0.6 is 0 Å². The van der Waals surface area contributed by atoms with E-state index in [1.807, 2.05) is 6.20 Å². The lowest BCUT2D eigenvalue weighted by Gasteiger charge is -1.98. The molecule has 0 bridgehead atoms. The van der Waals surface area contributed by atoms with Gasteiger partial charge in [0.25, 0.3) is 0 Å². The van der Waals surface area contributed by atoms with E-state index in [1.54, 1.807) is 6.20 Å². The van der Waals surface area contributed by atoms with E-state index in [4.69, 9.17) is 11.3 Å². The first-order valence-electron chi connectivity index (χ1n) is 6.77. The van der Waals surface area contributed by atoms with Crippen molar-refractivity contribution in [1.29, 1.82) is 5.53 Å². The highest BCUT2D eigenvalue weighted by molar-refractivity contribution is 5.42. The molecule has 1 saturated carbocycles. The van der Waals surface area contributed by atoms with Gasteiger partial charge in [-0.15, -0.1) is 0 Å². The Hall–Kier alpha value is -2.21. The van der Waals surface area contributed by atoms with Gasteiger partial charge in [0, 0.05) is 25.1 Å². The van der Waals surface area contributed by atoms with E-state index in [9.17, 15) is 0 Å². The molecule has 6 nitrogen and oxygen atoms in total. The number of nitrogens with one attached hydrogen (secondary N) is 2. The fraction of sp³-hybridized carbons (Fsp3) is 0.357. The highest BCUT2D eigenvalue weighted by Crippen LogP contribution is 2.39. The van der Waals surface area contributed by atoms with Crippen molar-refractivity contribution in [3.63, 3.8) is 0 Å². The van der Waals surface area contributed by atoms with Crippen molar-refractivity contribution in [3.8, 4) is 0 Å². The Morgan fingerprint density at radius 3 is 3.05 bits per heavy atom. The van der Waals surface area contributed by atoms with Crippen LogP contribution in [0.3, 0.4) is 0 Å². The van der Waals surface area contributed by atoms with E-state index in [1.165, 1.54) is 18.4 Å².